The molecule has 0 atom stereocenters. The monoisotopic (exact) mass is 115 g/mol. The predicted molar refractivity (Wildman–Crippen MR) is 35.4 cm³/mol. The smallest absolute Gasteiger partial charge is 0.126 e. The minimum absolute atomic E-state index is 0.167. The molecular formula is C6H13NO. The van der Waals surface area contributed by atoms with Crippen LogP contribution >= 0.6 is 0 Å². The van der Waals surface area contributed by atoms with Gasteiger partial charge in [0.1, 0.15) is 5.78 Å². The minimum Gasteiger partial charge on any atom is -0.310 e. The van der Waals surface area contributed by atoms with Gasteiger partial charge in [-0.05, 0) is 27.7 Å². The van der Waals surface area contributed by atoms with Crippen molar-refractivity contribution < 1.29 is 4.79 Å². The fourth-order valence-corrected chi connectivity index (χ4v) is 0. The number of Topliss-reactive ketones (excluding diaryl/α,β-unsaturated/α-hetero) is 1. The molecular weight excluding hydrogens is 102 g/mol. The van der Waals surface area contributed by atoms with Crippen LogP contribution < -0.4 is 0 Å². The summed E-state index contributed by atoms with van der Waals surface area (Å²) in [5.74, 6) is 0.167. The Morgan fingerprint density at radius 3 is 1.12 bits per heavy atom. The lowest BCUT2D eigenvalue weighted by molar-refractivity contribution is -0.114. The Kier molecular flexibility index (Phi) is 8.20. The molecule has 0 aromatic rings. The predicted octanol–water partition coefficient (Wildman–Crippen LogP) is 1.64. The van der Waals surface area contributed by atoms with Crippen LogP contribution in [0.1, 0.15) is 27.7 Å². The minimum atomic E-state index is 0.167. The van der Waals surface area contributed by atoms with Crippen molar-refractivity contribution >= 4 is 11.5 Å². The van der Waals surface area contributed by atoms with Crippen molar-refractivity contribution in [3.63, 3.8) is 0 Å². The summed E-state index contributed by atoms with van der Waals surface area (Å²) in [5, 5.41) is 6.50. The summed E-state index contributed by atoms with van der Waals surface area (Å²) in [5.41, 5.74) is 0.667. The van der Waals surface area contributed by atoms with Crippen molar-refractivity contribution in [3.8, 4) is 0 Å². The van der Waals surface area contributed by atoms with E-state index in [0.717, 1.165) is 0 Å². The maximum Gasteiger partial charge on any atom is 0.126 e. The van der Waals surface area contributed by atoms with Crippen LogP contribution in [0.3, 0.4) is 0 Å². The van der Waals surface area contributed by atoms with Crippen molar-refractivity contribution in [3.05, 3.63) is 0 Å². The van der Waals surface area contributed by atoms with E-state index in [9.17, 15) is 4.79 Å². The van der Waals surface area contributed by atoms with E-state index in [-0.39, 0.29) is 5.78 Å². The van der Waals surface area contributed by atoms with Gasteiger partial charge in [-0.1, -0.05) is 0 Å². The molecule has 0 aliphatic heterocycles. The molecule has 0 rings (SSSR count). The lowest BCUT2D eigenvalue weighted by atomic mass is 10.5. The normalized spacial score (nSPS) is 6.50. The summed E-state index contributed by atoms with van der Waals surface area (Å²) in [4.78, 5) is 9.44. The quantitative estimate of drug-likeness (QED) is 0.479. The first-order valence-corrected chi connectivity index (χ1v) is 2.45. The molecule has 0 aliphatic rings. The van der Waals surface area contributed by atoms with E-state index in [1.165, 1.54) is 13.8 Å². The van der Waals surface area contributed by atoms with Crippen molar-refractivity contribution in [2.75, 3.05) is 0 Å². The Bertz CT molecular complexity index is 66.5. The highest BCUT2D eigenvalue weighted by atomic mass is 16.1. The fraction of sp³-hybridized carbons (Fsp3) is 0.667. The Balaban J connectivity index is 0. The number of hydrogen-bond acceptors (Lipinski definition) is 2. The molecule has 0 saturated carbocycles. The van der Waals surface area contributed by atoms with Gasteiger partial charge in [0.2, 0.25) is 0 Å². The fourth-order valence-electron chi connectivity index (χ4n) is 0. The van der Waals surface area contributed by atoms with Gasteiger partial charge in [0, 0.05) is 5.71 Å². The van der Waals surface area contributed by atoms with Crippen LogP contribution in [0.15, 0.2) is 0 Å². The van der Waals surface area contributed by atoms with E-state index < -0.39 is 0 Å². The summed E-state index contributed by atoms with van der Waals surface area (Å²) in [6, 6.07) is 0. The van der Waals surface area contributed by atoms with Gasteiger partial charge in [-0.2, -0.15) is 0 Å². The van der Waals surface area contributed by atoms with Crippen LogP contribution in [0.25, 0.3) is 0 Å². The third-order valence-corrected chi connectivity index (χ3v) is 0. The van der Waals surface area contributed by atoms with Crippen molar-refractivity contribution in [1.29, 1.82) is 5.41 Å². The van der Waals surface area contributed by atoms with Crippen molar-refractivity contribution in [2.45, 2.75) is 27.7 Å². The van der Waals surface area contributed by atoms with E-state index >= 15 is 0 Å². The largest absolute Gasteiger partial charge is 0.310 e. The Labute approximate surface area is 50.4 Å². The Morgan fingerprint density at radius 1 is 1.12 bits per heavy atom. The molecule has 2 nitrogen and oxygen atoms in total. The zero-order valence-electron chi connectivity index (χ0n) is 5.91. The van der Waals surface area contributed by atoms with Gasteiger partial charge < -0.3 is 10.2 Å². The number of carbonyl (C=O) groups excluding carboxylic acids is 1. The van der Waals surface area contributed by atoms with Crippen LogP contribution in [0, 0.1) is 5.41 Å². The second-order valence-corrected chi connectivity index (χ2v) is 1.91. The van der Waals surface area contributed by atoms with Gasteiger partial charge in [0.25, 0.3) is 0 Å². The highest BCUT2D eigenvalue weighted by molar-refractivity contribution is 5.75. The molecule has 0 radical (unpaired) electrons. The maximum absolute atomic E-state index is 9.44. The zero-order chi connectivity index (χ0) is 7.15. The molecule has 0 spiro atoms. The SMILES string of the molecule is CC(C)=N.CC(C)=O. The van der Waals surface area contributed by atoms with E-state index in [4.69, 9.17) is 5.41 Å². The third-order valence-electron chi connectivity index (χ3n) is 0. The topological polar surface area (TPSA) is 40.9 Å². The molecule has 0 aliphatic carbocycles. The van der Waals surface area contributed by atoms with E-state index in [1.54, 1.807) is 13.8 Å². The highest BCUT2D eigenvalue weighted by Crippen LogP contribution is 1.52. The van der Waals surface area contributed by atoms with Crippen LogP contribution in [-0.4, -0.2) is 11.5 Å². The van der Waals surface area contributed by atoms with Gasteiger partial charge in [-0.25, -0.2) is 0 Å². The molecule has 0 fully saturated rings. The second-order valence-electron chi connectivity index (χ2n) is 1.91. The van der Waals surface area contributed by atoms with Crippen LogP contribution in [-0.2, 0) is 4.79 Å². The molecule has 0 amide bonds. The molecule has 0 aromatic carbocycles. The van der Waals surface area contributed by atoms with Gasteiger partial charge in [-0.15, -0.1) is 0 Å². The first-order chi connectivity index (χ1) is 3.46. The average Bonchev–Trinajstić information content (AvgIpc) is 1.25. The lowest BCUT2D eigenvalue weighted by Gasteiger charge is -1.63. The molecule has 0 saturated heterocycles. The first kappa shape index (κ1) is 10.3. The molecule has 48 valence electrons. The van der Waals surface area contributed by atoms with E-state index in [2.05, 4.69) is 0 Å². The zero-order valence-corrected chi connectivity index (χ0v) is 5.91. The Morgan fingerprint density at radius 2 is 1.12 bits per heavy atom. The number of nitrogens with one attached hydrogen (secondary N) is 1. The molecule has 0 aromatic heterocycles. The molecule has 0 unspecified atom stereocenters. The van der Waals surface area contributed by atoms with Crippen LogP contribution in [0.2, 0.25) is 0 Å². The van der Waals surface area contributed by atoms with Crippen LogP contribution in [0.4, 0.5) is 0 Å². The molecule has 2 heteroatoms. The number of carbonyl (C=O) groups is 1. The second kappa shape index (κ2) is 6.34. The summed E-state index contributed by atoms with van der Waals surface area (Å²) < 4.78 is 0. The van der Waals surface area contributed by atoms with E-state index in [0.29, 0.717) is 5.71 Å². The number of hydrogen-bond donors (Lipinski definition) is 1. The van der Waals surface area contributed by atoms with Gasteiger partial charge in [0.05, 0.1) is 0 Å². The molecule has 0 heterocycles. The summed E-state index contributed by atoms with van der Waals surface area (Å²) in [6.45, 7) is 6.56. The molecule has 8 heavy (non-hydrogen) atoms. The van der Waals surface area contributed by atoms with Gasteiger partial charge in [0.15, 0.2) is 0 Å². The van der Waals surface area contributed by atoms with Gasteiger partial charge >= 0.3 is 0 Å². The third kappa shape index (κ3) is 231. The van der Waals surface area contributed by atoms with Crippen LogP contribution in [0.5, 0.6) is 0 Å². The summed E-state index contributed by atoms with van der Waals surface area (Å²) >= 11 is 0. The average molecular weight is 115 g/mol. The van der Waals surface area contributed by atoms with Crippen molar-refractivity contribution in [2.24, 2.45) is 0 Å². The Hall–Kier alpha value is -0.660. The van der Waals surface area contributed by atoms with Gasteiger partial charge in [-0.3, -0.25) is 0 Å². The van der Waals surface area contributed by atoms with Crippen molar-refractivity contribution in [1.82, 2.24) is 0 Å². The lowest BCUT2D eigenvalue weighted by Crippen LogP contribution is -1.69. The maximum atomic E-state index is 9.44. The standard InChI is InChI=1S/C3H7N.C3H6O/c2*1-3(2)4/h4H,1-2H3;1-2H3. The molecule has 0 bridgehead atoms. The first-order valence-electron chi connectivity index (χ1n) is 2.45. The summed E-state index contributed by atoms with van der Waals surface area (Å²) in [7, 11) is 0. The summed E-state index contributed by atoms with van der Waals surface area (Å²) in [6.07, 6.45) is 0. The molecule has 1 N–H and O–H groups in total. The highest BCUT2D eigenvalue weighted by Gasteiger charge is 1.62. The number of ketones is 1. The van der Waals surface area contributed by atoms with E-state index in [1.807, 2.05) is 0 Å². The number of rotatable bonds is 0.